The molecule has 6 nitrogen and oxygen atoms in total. The van der Waals surface area contributed by atoms with Crippen LogP contribution < -0.4 is 18.1 Å². The first-order valence-corrected chi connectivity index (χ1v) is 13.9. The number of unbranched alkanes of at least 4 members (excludes halogenated alkanes) is 6. The Hall–Kier alpha value is -3.20. The summed E-state index contributed by atoms with van der Waals surface area (Å²) in [7, 11) is 0. The number of nitrogens with zero attached hydrogens (tertiary/aromatic N) is 2. The molecular weight excluding hydrogens is 492 g/mol. The number of nitriles is 2. The third kappa shape index (κ3) is 9.45. The molecule has 36 heavy (non-hydrogen) atoms. The molecule has 0 aromatic carbocycles. The van der Waals surface area contributed by atoms with E-state index in [2.05, 4.69) is 13.8 Å². The van der Waals surface area contributed by atoms with Crippen LogP contribution in [-0.4, -0.2) is 25.2 Å². The largest absolute Gasteiger partial charge is 0.462 e. The van der Waals surface area contributed by atoms with Crippen LogP contribution in [0, 0.1) is 22.7 Å². The van der Waals surface area contributed by atoms with Gasteiger partial charge in [0, 0.05) is 9.06 Å². The van der Waals surface area contributed by atoms with Gasteiger partial charge in [0.15, 0.2) is 11.1 Å². The number of esters is 2. The molecule has 0 atom stereocenters. The van der Waals surface area contributed by atoms with Gasteiger partial charge in [-0.15, -0.1) is 22.7 Å². The molecule has 2 aromatic rings. The summed E-state index contributed by atoms with van der Waals surface area (Å²) in [5.74, 6) is -1.18. The summed E-state index contributed by atoms with van der Waals surface area (Å²) in [6.45, 7) is 4.86. The zero-order chi connectivity index (χ0) is 26.2. The zero-order valence-corrected chi connectivity index (χ0v) is 22.5. The quantitative estimate of drug-likeness (QED) is 0.293. The average Bonchev–Trinajstić information content (AvgIpc) is 3.53. The number of hydrogen-bond donors (Lipinski definition) is 0. The maximum atomic E-state index is 12.3. The van der Waals surface area contributed by atoms with Gasteiger partial charge in [-0.25, -0.2) is 9.59 Å². The Kier molecular flexibility index (Phi) is 13.3. The first-order chi connectivity index (χ1) is 17.5. The average molecular weight is 525 g/mol. The lowest BCUT2D eigenvalue weighted by Crippen LogP contribution is -2.13. The van der Waals surface area contributed by atoms with E-state index in [0.717, 1.165) is 60.4 Å². The zero-order valence-electron chi connectivity index (χ0n) is 20.9. The molecule has 0 fully saturated rings. The lowest BCUT2D eigenvalue weighted by Gasteiger charge is -2.02. The molecule has 0 saturated carbocycles. The summed E-state index contributed by atoms with van der Waals surface area (Å²) in [6.07, 6.45) is 11.7. The highest BCUT2D eigenvalue weighted by Gasteiger charge is 2.13. The molecule has 0 N–H and O–H groups in total. The molecule has 2 aromatic heterocycles. The van der Waals surface area contributed by atoms with E-state index in [1.54, 1.807) is 12.1 Å². The number of carbonyl (C=O) groups excluding carboxylic acids is 2. The molecule has 0 radical (unpaired) electrons. The van der Waals surface area contributed by atoms with E-state index in [9.17, 15) is 20.1 Å². The number of ether oxygens (including phenoxy) is 2. The van der Waals surface area contributed by atoms with Crippen LogP contribution >= 0.6 is 22.7 Å². The van der Waals surface area contributed by atoms with E-state index < -0.39 is 11.9 Å². The van der Waals surface area contributed by atoms with E-state index in [0.29, 0.717) is 22.3 Å². The molecular formula is C28H32N2O4S2. The Labute approximate surface area is 220 Å². The molecule has 0 spiro atoms. The van der Waals surface area contributed by atoms with Crippen molar-refractivity contribution >= 4 is 57.9 Å². The normalized spacial score (nSPS) is 13.6. The number of hydrogen-bond acceptors (Lipinski definition) is 8. The minimum atomic E-state index is -0.592. The fourth-order valence-corrected chi connectivity index (χ4v) is 5.04. The maximum Gasteiger partial charge on any atom is 0.350 e. The van der Waals surface area contributed by atoms with Crippen molar-refractivity contribution in [3.63, 3.8) is 0 Å². The van der Waals surface area contributed by atoms with E-state index >= 15 is 0 Å². The summed E-state index contributed by atoms with van der Waals surface area (Å²) in [5.41, 5.74) is 0.0186. The number of carbonyl (C=O) groups is 2. The van der Waals surface area contributed by atoms with Gasteiger partial charge >= 0.3 is 11.9 Å². The fraction of sp³-hybridized carbons (Fsp3) is 0.429. The van der Waals surface area contributed by atoms with Gasteiger partial charge in [0.05, 0.1) is 22.3 Å². The summed E-state index contributed by atoms with van der Waals surface area (Å²) in [4.78, 5) is 24.6. The first-order valence-electron chi connectivity index (χ1n) is 12.3. The molecule has 0 aliphatic rings. The first kappa shape index (κ1) is 29.0. The third-order valence-electron chi connectivity index (χ3n) is 5.25. The van der Waals surface area contributed by atoms with Crippen LogP contribution in [0.3, 0.4) is 0 Å². The summed E-state index contributed by atoms with van der Waals surface area (Å²) < 4.78 is 13.4. The van der Waals surface area contributed by atoms with E-state index in [4.69, 9.17) is 9.47 Å². The highest BCUT2D eigenvalue weighted by Crippen LogP contribution is 2.04. The topological polar surface area (TPSA) is 100 Å². The van der Waals surface area contributed by atoms with Gasteiger partial charge in [0.2, 0.25) is 0 Å². The Morgan fingerprint density at radius 1 is 0.722 bits per heavy atom. The van der Waals surface area contributed by atoms with Crippen LogP contribution in [0.5, 0.6) is 0 Å². The van der Waals surface area contributed by atoms with Gasteiger partial charge in [-0.05, 0) is 49.3 Å². The van der Waals surface area contributed by atoms with E-state index in [1.807, 2.05) is 36.4 Å². The SMILES string of the molecule is CCCCCCOC(=O)/C(C#N)=c1/cc/c(=C\C=c2\cc/c(=C(/C#N)C(=O)OCCCCCC)s2)s1. The van der Waals surface area contributed by atoms with Crippen molar-refractivity contribution in [2.75, 3.05) is 13.2 Å². The maximum absolute atomic E-state index is 12.3. The van der Waals surface area contributed by atoms with Gasteiger partial charge in [-0.3, -0.25) is 0 Å². The molecule has 0 aliphatic heterocycles. The Balaban J connectivity index is 2.16. The van der Waals surface area contributed by atoms with Crippen LogP contribution in [0.15, 0.2) is 24.3 Å². The molecule has 2 rings (SSSR count). The highest BCUT2D eigenvalue weighted by molar-refractivity contribution is 7.08. The van der Waals surface area contributed by atoms with Crippen LogP contribution in [0.4, 0.5) is 0 Å². The van der Waals surface area contributed by atoms with Gasteiger partial charge in [-0.2, -0.15) is 10.5 Å². The summed E-state index contributed by atoms with van der Waals surface area (Å²) in [5, 5.41) is 18.9. The molecule has 8 heteroatoms. The van der Waals surface area contributed by atoms with Crippen molar-refractivity contribution in [1.82, 2.24) is 0 Å². The van der Waals surface area contributed by atoms with Gasteiger partial charge in [0.25, 0.3) is 0 Å². The molecule has 190 valence electrons. The predicted octanol–water partition coefficient (Wildman–Crippen LogP) is 3.67. The lowest BCUT2D eigenvalue weighted by molar-refractivity contribution is -0.137. The second-order valence-corrected chi connectivity index (χ2v) is 10.3. The second kappa shape index (κ2) is 16.5. The van der Waals surface area contributed by atoms with Gasteiger partial charge < -0.3 is 9.47 Å². The minimum Gasteiger partial charge on any atom is -0.462 e. The molecule has 2 heterocycles. The van der Waals surface area contributed by atoms with Gasteiger partial charge in [-0.1, -0.05) is 52.4 Å². The minimum absolute atomic E-state index is 0.00928. The standard InChI is InChI=1S/C28H32N2O4S2/c1-3-5-7-9-17-33-27(31)23(19-29)25-15-13-21(35-25)11-12-22-14-16-26(36-22)24(20-30)28(32)34-18-10-8-6-4-2/h11-16H,3-10,17-18H2,1-2H3/b21-11-,22-12+,25-23+,26-24-. The fourth-order valence-electron chi connectivity index (χ4n) is 3.25. The Morgan fingerprint density at radius 2 is 1.14 bits per heavy atom. The molecule has 0 unspecified atom stereocenters. The van der Waals surface area contributed by atoms with Gasteiger partial charge in [0.1, 0.15) is 12.1 Å². The van der Waals surface area contributed by atoms with Crippen LogP contribution in [0.1, 0.15) is 65.2 Å². The highest BCUT2D eigenvalue weighted by atomic mass is 32.1. The molecule has 0 saturated heterocycles. The summed E-state index contributed by atoms with van der Waals surface area (Å²) >= 11 is 2.65. The Bertz CT molecular complexity index is 1230. The van der Waals surface area contributed by atoms with Crippen molar-refractivity contribution in [1.29, 1.82) is 10.5 Å². The van der Waals surface area contributed by atoms with Crippen LogP contribution in [0.25, 0.3) is 23.3 Å². The van der Waals surface area contributed by atoms with E-state index in [-0.39, 0.29) is 11.1 Å². The lowest BCUT2D eigenvalue weighted by atomic mass is 10.2. The number of rotatable bonds is 13. The van der Waals surface area contributed by atoms with Crippen molar-refractivity contribution in [2.24, 2.45) is 0 Å². The van der Waals surface area contributed by atoms with Crippen LogP contribution in [0.2, 0.25) is 0 Å². The van der Waals surface area contributed by atoms with Crippen LogP contribution in [-0.2, 0) is 19.1 Å². The van der Waals surface area contributed by atoms with Crippen molar-refractivity contribution in [2.45, 2.75) is 65.2 Å². The van der Waals surface area contributed by atoms with Crippen molar-refractivity contribution < 1.29 is 19.1 Å². The summed E-state index contributed by atoms with van der Waals surface area (Å²) in [6, 6.07) is 11.1. The smallest absolute Gasteiger partial charge is 0.350 e. The Morgan fingerprint density at radius 3 is 1.50 bits per heavy atom. The van der Waals surface area contributed by atoms with Crippen molar-refractivity contribution in [3.8, 4) is 12.1 Å². The predicted molar refractivity (Wildman–Crippen MR) is 144 cm³/mol. The molecule has 0 aliphatic carbocycles. The molecule has 0 amide bonds. The molecule has 0 bridgehead atoms. The monoisotopic (exact) mass is 524 g/mol. The second-order valence-electron chi connectivity index (χ2n) is 8.10. The third-order valence-corrected chi connectivity index (χ3v) is 7.39. The number of thiophene rings is 2. The van der Waals surface area contributed by atoms with E-state index in [1.165, 1.54) is 22.7 Å². The van der Waals surface area contributed by atoms with Crippen molar-refractivity contribution in [3.05, 3.63) is 42.4 Å².